The molecule has 0 radical (unpaired) electrons. The summed E-state index contributed by atoms with van der Waals surface area (Å²) >= 11 is 6.02. The van der Waals surface area contributed by atoms with Crippen LogP contribution in [-0.4, -0.2) is 29.4 Å². The number of amides is 1. The molecule has 2 aliphatic heterocycles. The molecule has 0 aromatic heterocycles. The van der Waals surface area contributed by atoms with E-state index in [1.807, 2.05) is 4.90 Å². The van der Waals surface area contributed by atoms with Gasteiger partial charge in [0.25, 0.3) is 0 Å². The van der Waals surface area contributed by atoms with Crippen LogP contribution in [0.4, 0.5) is 4.39 Å². The molecule has 0 unspecified atom stereocenters. The van der Waals surface area contributed by atoms with Gasteiger partial charge in [-0.05, 0) is 30.5 Å². The van der Waals surface area contributed by atoms with Crippen LogP contribution in [0.15, 0.2) is 18.2 Å². The summed E-state index contributed by atoms with van der Waals surface area (Å²) in [5, 5.41) is 3.85. The van der Waals surface area contributed by atoms with E-state index in [1.54, 1.807) is 6.07 Å². The van der Waals surface area contributed by atoms with E-state index in [9.17, 15) is 9.18 Å². The number of halogens is 2. The normalized spacial score (nSPS) is 26.6. The average Bonchev–Trinajstić information content (AvgIpc) is 2.71. The van der Waals surface area contributed by atoms with Crippen LogP contribution in [0.1, 0.15) is 24.8 Å². The predicted octanol–water partition coefficient (Wildman–Crippen LogP) is 2.33. The first kappa shape index (κ1) is 12.9. The van der Waals surface area contributed by atoms with Gasteiger partial charge in [-0.2, -0.15) is 0 Å². The quantitative estimate of drug-likeness (QED) is 0.903. The number of benzene rings is 1. The molecule has 2 fully saturated rings. The molecule has 0 aliphatic carbocycles. The lowest BCUT2D eigenvalue weighted by molar-refractivity contribution is -0.131. The topological polar surface area (TPSA) is 32.3 Å². The summed E-state index contributed by atoms with van der Waals surface area (Å²) in [7, 11) is 0. The van der Waals surface area contributed by atoms with Gasteiger partial charge >= 0.3 is 0 Å². The molecule has 1 amide bonds. The number of hydrogen-bond acceptors (Lipinski definition) is 2. The van der Waals surface area contributed by atoms with Gasteiger partial charge in [0.15, 0.2) is 0 Å². The van der Waals surface area contributed by atoms with E-state index >= 15 is 0 Å². The summed E-state index contributed by atoms with van der Waals surface area (Å²) in [6, 6.07) is 5.04. The van der Waals surface area contributed by atoms with E-state index in [2.05, 4.69) is 5.32 Å². The van der Waals surface area contributed by atoms with Crippen LogP contribution < -0.4 is 5.32 Å². The van der Waals surface area contributed by atoms with E-state index in [-0.39, 0.29) is 11.7 Å². The van der Waals surface area contributed by atoms with E-state index in [0.717, 1.165) is 18.4 Å². The van der Waals surface area contributed by atoms with Crippen molar-refractivity contribution in [2.75, 3.05) is 6.54 Å². The summed E-state index contributed by atoms with van der Waals surface area (Å²) in [6.45, 7) is 1.17. The van der Waals surface area contributed by atoms with Crippen molar-refractivity contribution in [2.45, 2.75) is 37.9 Å². The van der Waals surface area contributed by atoms with Crippen molar-refractivity contribution >= 4 is 17.5 Å². The van der Waals surface area contributed by atoms with E-state index in [0.29, 0.717) is 36.6 Å². The number of rotatable bonds is 2. The molecule has 2 saturated heterocycles. The summed E-state index contributed by atoms with van der Waals surface area (Å²) in [4.78, 5) is 14.0. The van der Waals surface area contributed by atoms with Crippen molar-refractivity contribution < 1.29 is 9.18 Å². The zero-order valence-electron chi connectivity index (χ0n) is 10.5. The Labute approximate surface area is 116 Å². The van der Waals surface area contributed by atoms with Crippen molar-refractivity contribution in [3.05, 3.63) is 34.6 Å². The number of hydrogen-bond donors (Lipinski definition) is 1. The third kappa shape index (κ3) is 2.74. The molecular weight excluding hydrogens is 267 g/mol. The van der Waals surface area contributed by atoms with Gasteiger partial charge in [-0.15, -0.1) is 0 Å². The Morgan fingerprint density at radius 1 is 1.37 bits per heavy atom. The molecular formula is C14H16ClFN2O. The Hall–Kier alpha value is -1.13. The third-order valence-corrected chi connectivity index (χ3v) is 4.28. The van der Waals surface area contributed by atoms with Gasteiger partial charge in [-0.3, -0.25) is 4.79 Å². The van der Waals surface area contributed by atoms with Crippen molar-refractivity contribution in [1.29, 1.82) is 0 Å². The minimum atomic E-state index is -0.350. The Morgan fingerprint density at radius 3 is 2.95 bits per heavy atom. The molecule has 1 N–H and O–H groups in total. The molecule has 3 rings (SSSR count). The largest absolute Gasteiger partial charge is 0.337 e. The van der Waals surface area contributed by atoms with Crippen molar-refractivity contribution in [1.82, 2.24) is 10.2 Å². The minimum absolute atomic E-state index is 0.153. The molecule has 1 aromatic rings. The van der Waals surface area contributed by atoms with Gasteiger partial charge < -0.3 is 10.2 Å². The Bertz CT molecular complexity index is 508. The summed E-state index contributed by atoms with van der Waals surface area (Å²) in [5.74, 6) is -0.197. The minimum Gasteiger partial charge on any atom is -0.337 e. The van der Waals surface area contributed by atoms with Gasteiger partial charge in [-0.25, -0.2) is 4.39 Å². The second-order valence-electron chi connectivity index (χ2n) is 5.35. The second-order valence-corrected chi connectivity index (χ2v) is 5.76. The van der Waals surface area contributed by atoms with Crippen molar-refractivity contribution in [2.24, 2.45) is 0 Å². The standard InChI is InChI=1S/C14H16ClFN2O/c15-13-5-10(16)2-1-9(13)7-18-8-12-4-3-11(17-12)6-14(18)19/h1-2,5,11-12,17H,3-4,6-8H2/t11-,12+/m0/s1. The second kappa shape index (κ2) is 5.10. The van der Waals surface area contributed by atoms with Crippen LogP contribution in [-0.2, 0) is 11.3 Å². The molecule has 2 bridgehead atoms. The molecule has 0 spiro atoms. The summed E-state index contributed by atoms with van der Waals surface area (Å²) in [6.07, 6.45) is 2.75. The van der Waals surface area contributed by atoms with Crippen molar-refractivity contribution in [3.63, 3.8) is 0 Å². The summed E-state index contributed by atoms with van der Waals surface area (Å²) < 4.78 is 13.0. The first-order valence-electron chi connectivity index (χ1n) is 6.59. The van der Waals surface area contributed by atoms with Crippen LogP contribution in [0.25, 0.3) is 0 Å². The number of carbonyl (C=O) groups is 1. The highest BCUT2D eigenvalue weighted by molar-refractivity contribution is 6.31. The van der Waals surface area contributed by atoms with Gasteiger partial charge in [0, 0.05) is 36.6 Å². The monoisotopic (exact) mass is 282 g/mol. The zero-order valence-corrected chi connectivity index (χ0v) is 11.3. The zero-order chi connectivity index (χ0) is 13.4. The van der Waals surface area contributed by atoms with Crippen LogP contribution in [0, 0.1) is 5.82 Å². The van der Waals surface area contributed by atoms with Gasteiger partial charge in [0.1, 0.15) is 5.82 Å². The molecule has 2 heterocycles. The Morgan fingerprint density at radius 2 is 2.16 bits per heavy atom. The SMILES string of the molecule is O=C1C[C@@H]2CC[C@H](CN1Cc1ccc(F)cc1Cl)N2. The van der Waals surface area contributed by atoms with Gasteiger partial charge in [0.2, 0.25) is 5.91 Å². The van der Waals surface area contributed by atoms with Crippen LogP contribution in [0.3, 0.4) is 0 Å². The molecule has 0 saturated carbocycles. The van der Waals surface area contributed by atoms with E-state index < -0.39 is 0 Å². The van der Waals surface area contributed by atoms with E-state index in [1.165, 1.54) is 12.1 Å². The molecule has 102 valence electrons. The lowest BCUT2D eigenvalue weighted by Crippen LogP contribution is -2.37. The molecule has 19 heavy (non-hydrogen) atoms. The fourth-order valence-electron chi connectivity index (χ4n) is 2.92. The Kier molecular flexibility index (Phi) is 3.46. The molecule has 5 heteroatoms. The highest BCUT2D eigenvalue weighted by Gasteiger charge is 2.33. The maximum atomic E-state index is 13.0. The highest BCUT2D eigenvalue weighted by atomic mass is 35.5. The number of likely N-dealkylation sites (tertiary alicyclic amines) is 1. The average molecular weight is 283 g/mol. The van der Waals surface area contributed by atoms with Gasteiger partial charge in [-0.1, -0.05) is 17.7 Å². The molecule has 2 atom stereocenters. The summed E-state index contributed by atoms with van der Waals surface area (Å²) in [5.41, 5.74) is 0.800. The maximum absolute atomic E-state index is 13.0. The number of carbonyl (C=O) groups excluding carboxylic acids is 1. The van der Waals surface area contributed by atoms with Crippen LogP contribution in [0.2, 0.25) is 5.02 Å². The molecule has 1 aromatic carbocycles. The first-order valence-corrected chi connectivity index (χ1v) is 6.97. The van der Waals surface area contributed by atoms with Crippen molar-refractivity contribution in [3.8, 4) is 0 Å². The highest BCUT2D eigenvalue weighted by Crippen LogP contribution is 2.24. The van der Waals surface area contributed by atoms with Crippen LogP contribution in [0.5, 0.6) is 0 Å². The maximum Gasteiger partial charge on any atom is 0.224 e. The van der Waals surface area contributed by atoms with Crippen LogP contribution >= 0.6 is 11.6 Å². The third-order valence-electron chi connectivity index (χ3n) is 3.93. The lowest BCUT2D eigenvalue weighted by Gasteiger charge is -2.25. The number of fused-ring (bicyclic) bond motifs is 2. The molecule has 2 aliphatic rings. The first-order chi connectivity index (χ1) is 9.11. The number of nitrogens with one attached hydrogen (secondary N) is 1. The fraction of sp³-hybridized carbons (Fsp3) is 0.500. The van der Waals surface area contributed by atoms with Gasteiger partial charge in [0.05, 0.1) is 0 Å². The Balaban J connectivity index is 1.76. The molecule has 3 nitrogen and oxygen atoms in total. The predicted molar refractivity (Wildman–Crippen MR) is 71.4 cm³/mol. The smallest absolute Gasteiger partial charge is 0.224 e. The fourth-order valence-corrected chi connectivity index (χ4v) is 3.15. The van der Waals surface area contributed by atoms with E-state index in [4.69, 9.17) is 11.6 Å². The number of nitrogens with zero attached hydrogens (tertiary/aromatic N) is 1. The lowest BCUT2D eigenvalue weighted by atomic mass is 10.1.